The van der Waals surface area contributed by atoms with Crippen LogP contribution in [0.5, 0.6) is 11.5 Å². The molecule has 5 rings (SSSR count). The monoisotopic (exact) mass is 685 g/mol. The van der Waals surface area contributed by atoms with E-state index < -0.39 is 0 Å². The van der Waals surface area contributed by atoms with Crippen LogP contribution in [-0.2, 0) is 21.7 Å². The number of aliphatic imine (C=N–C) groups is 2. The fourth-order valence-corrected chi connectivity index (χ4v) is 8.03. The van der Waals surface area contributed by atoms with Gasteiger partial charge in [0.05, 0.1) is 12.1 Å². The number of phenolic OH excluding ortho intramolecular Hbond substituents is 2. The minimum atomic E-state index is -0.172. The van der Waals surface area contributed by atoms with E-state index in [1.807, 2.05) is 0 Å². The molecule has 2 N–H and O–H groups in total. The zero-order chi connectivity index (χ0) is 37.4. The third-order valence-electron chi connectivity index (χ3n) is 11.5. The summed E-state index contributed by atoms with van der Waals surface area (Å²) in [5.41, 5.74) is 8.18. The van der Waals surface area contributed by atoms with Crippen molar-refractivity contribution in [2.24, 2.45) is 21.8 Å². The third kappa shape index (κ3) is 9.23. The van der Waals surface area contributed by atoms with Crippen LogP contribution < -0.4 is 0 Å². The van der Waals surface area contributed by atoms with Gasteiger partial charge >= 0.3 is 0 Å². The molecule has 0 aliphatic heterocycles. The lowest BCUT2D eigenvalue weighted by Crippen LogP contribution is -2.43. The van der Waals surface area contributed by atoms with Gasteiger partial charge in [-0.25, -0.2) is 0 Å². The van der Waals surface area contributed by atoms with E-state index in [-0.39, 0.29) is 33.7 Å². The molecule has 4 heteroatoms. The number of unbranched alkanes of at least 4 members (excludes halogenated alkanes) is 2. The highest BCUT2D eigenvalue weighted by atomic mass is 16.3. The van der Waals surface area contributed by atoms with Crippen molar-refractivity contribution < 1.29 is 10.2 Å². The Kier molecular flexibility index (Phi) is 12.2. The van der Waals surface area contributed by atoms with Gasteiger partial charge in [0.1, 0.15) is 11.5 Å². The van der Waals surface area contributed by atoms with Gasteiger partial charge < -0.3 is 10.2 Å². The predicted molar refractivity (Wildman–Crippen MR) is 216 cm³/mol. The van der Waals surface area contributed by atoms with Crippen LogP contribution in [0.4, 0.5) is 0 Å². The molecular formula is C46H72N2O2. The number of rotatable bonds is 10. The van der Waals surface area contributed by atoms with E-state index in [2.05, 4.69) is 121 Å². The third-order valence-corrected chi connectivity index (χ3v) is 11.5. The molecule has 2 bridgehead atoms. The van der Waals surface area contributed by atoms with Crippen molar-refractivity contribution in [1.82, 2.24) is 0 Å². The van der Waals surface area contributed by atoms with Crippen molar-refractivity contribution in [3.8, 4) is 11.5 Å². The van der Waals surface area contributed by atoms with Gasteiger partial charge in [-0.05, 0) is 108 Å². The average molecular weight is 685 g/mol. The first kappa shape index (κ1) is 40.2. The molecular weight excluding hydrogens is 613 g/mol. The van der Waals surface area contributed by atoms with E-state index in [1.54, 1.807) is 0 Å². The highest BCUT2D eigenvalue weighted by molar-refractivity contribution is 6.04. The van der Waals surface area contributed by atoms with Crippen molar-refractivity contribution in [1.29, 1.82) is 0 Å². The van der Waals surface area contributed by atoms with Crippen molar-refractivity contribution in [2.75, 3.05) is 0 Å². The Morgan fingerprint density at radius 3 is 1.16 bits per heavy atom. The summed E-state index contributed by atoms with van der Waals surface area (Å²) < 4.78 is 0. The van der Waals surface area contributed by atoms with Gasteiger partial charge in [-0.15, -0.1) is 0 Å². The zero-order valence-electron chi connectivity index (χ0n) is 34.5. The lowest BCUT2D eigenvalue weighted by atomic mass is 9.65. The molecule has 0 saturated heterocycles. The minimum Gasteiger partial charge on any atom is -0.507 e. The molecule has 0 amide bonds. The van der Waals surface area contributed by atoms with Crippen molar-refractivity contribution in [3.63, 3.8) is 0 Å². The molecule has 278 valence electrons. The topological polar surface area (TPSA) is 65.2 Å². The maximum Gasteiger partial charge on any atom is 0.128 e. The maximum absolute atomic E-state index is 11.8. The first-order valence-electron chi connectivity index (χ1n) is 20.0. The van der Waals surface area contributed by atoms with Crippen molar-refractivity contribution in [2.45, 2.75) is 195 Å². The first-order chi connectivity index (χ1) is 23.1. The van der Waals surface area contributed by atoms with E-state index >= 15 is 0 Å². The van der Waals surface area contributed by atoms with Crippen LogP contribution >= 0.6 is 0 Å². The zero-order valence-corrected chi connectivity index (χ0v) is 34.5. The molecule has 0 aromatic heterocycles. The molecule has 3 fully saturated rings. The Morgan fingerprint density at radius 2 is 0.900 bits per heavy atom. The molecule has 3 aliphatic rings. The summed E-state index contributed by atoms with van der Waals surface area (Å²) in [5, 5.41) is 23.6. The van der Waals surface area contributed by atoms with Crippen LogP contribution in [0.3, 0.4) is 0 Å². The largest absolute Gasteiger partial charge is 0.507 e. The Labute approximate surface area is 306 Å². The summed E-state index contributed by atoms with van der Waals surface area (Å²) >= 11 is 0. The molecule has 0 heterocycles. The fraction of sp³-hybridized carbons (Fsp3) is 0.696. The predicted octanol–water partition coefficient (Wildman–Crippen LogP) is 12.5. The Morgan fingerprint density at radius 1 is 0.560 bits per heavy atom. The number of aromatic hydroxyl groups is 2. The summed E-state index contributed by atoms with van der Waals surface area (Å²) in [6.07, 6.45) is 10.6. The molecule has 2 aromatic carbocycles. The van der Waals surface area contributed by atoms with Crippen molar-refractivity contribution in [3.05, 3.63) is 57.6 Å². The number of hydrogen-bond donors (Lipinski definition) is 2. The van der Waals surface area contributed by atoms with Crippen LogP contribution in [0.2, 0.25) is 0 Å². The van der Waals surface area contributed by atoms with Gasteiger partial charge in [-0.1, -0.05) is 122 Å². The van der Waals surface area contributed by atoms with E-state index in [0.29, 0.717) is 23.3 Å². The standard InChI is InChI=1S/C46H72N2O2/c1-15-17-19-37(33-25-31(43(3,4)5)27-35(41(33)49)45(9,10)11)47-39-23-30-22-21-29(39)24-40(30)48-38(20-18-16-2)34-26-32(44(6,7)8)28-36(42(34)50)46(12,13)14/h25-30,39-40,49-50H,15-24H2,1-14H3. The average Bonchev–Trinajstić information content (AvgIpc) is 3.00. The highest BCUT2D eigenvalue weighted by Crippen LogP contribution is 2.46. The molecule has 4 unspecified atom stereocenters. The van der Waals surface area contributed by atoms with Crippen LogP contribution in [0.15, 0.2) is 34.3 Å². The molecule has 2 aromatic rings. The molecule has 4 nitrogen and oxygen atoms in total. The van der Waals surface area contributed by atoms with Gasteiger partial charge in [-0.3, -0.25) is 9.98 Å². The van der Waals surface area contributed by atoms with Gasteiger partial charge in [0, 0.05) is 33.7 Å². The number of benzene rings is 2. The smallest absolute Gasteiger partial charge is 0.128 e. The van der Waals surface area contributed by atoms with Gasteiger partial charge in [-0.2, -0.15) is 0 Å². The van der Waals surface area contributed by atoms with E-state index in [9.17, 15) is 10.2 Å². The number of fused-ring (bicyclic) bond motifs is 3. The highest BCUT2D eigenvalue weighted by Gasteiger charge is 2.42. The van der Waals surface area contributed by atoms with E-state index in [0.717, 1.165) is 85.0 Å². The van der Waals surface area contributed by atoms with Crippen LogP contribution in [-0.4, -0.2) is 33.7 Å². The second kappa shape index (κ2) is 15.2. The summed E-state index contributed by atoms with van der Waals surface area (Å²) in [5.74, 6) is 1.78. The Bertz CT molecular complexity index is 1430. The maximum atomic E-state index is 11.8. The van der Waals surface area contributed by atoms with Crippen LogP contribution in [0, 0.1) is 11.8 Å². The number of phenols is 2. The van der Waals surface area contributed by atoms with Crippen LogP contribution in [0.25, 0.3) is 0 Å². The normalized spacial score (nSPS) is 22.4. The molecule has 0 radical (unpaired) electrons. The molecule has 3 saturated carbocycles. The molecule has 3 aliphatic carbocycles. The van der Waals surface area contributed by atoms with Crippen molar-refractivity contribution >= 4 is 11.4 Å². The van der Waals surface area contributed by atoms with E-state index in [1.165, 1.54) is 24.0 Å². The quantitative estimate of drug-likeness (QED) is 0.245. The molecule has 4 atom stereocenters. The number of nitrogens with zero attached hydrogens (tertiary/aromatic N) is 2. The SMILES string of the molecule is CCCCC(=NC1CC2CCC1CC2N=C(CCCC)c1cc(C(C)(C)C)cc(C(C)(C)C)c1O)c1cc(C(C)(C)C)cc(C(C)(C)C)c1O. The lowest BCUT2D eigenvalue weighted by Gasteiger charge is -2.45. The van der Waals surface area contributed by atoms with Crippen LogP contribution in [0.1, 0.15) is 195 Å². The lowest BCUT2D eigenvalue weighted by molar-refractivity contribution is 0.124. The summed E-state index contributed by atoms with van der Waals surface area (Å²) in [4.78, 5) is 11.2. The summed E-state index contributed by atoms with van der Waals surface area (Å²) in [6.45, 7) is 31.2. The molecule has 0 spiro atoms. The van der Waals surface area contributed by atoms with Gasteiger partial charge in [0.15, 0.2) is 0 Å². The summed E-state index contributed by atoms with van der Waals surface area (Å²) in [7, 11) is 0. The van der Waals surface area contributed by atoms with Gasteiger partial charge in [0.25, 0.3) is 0 Å². The number of hydrogen-bond acceptors (Lipinski definition) is 4. The fourth-order valence-electron chi connectivity index (χ4n) is 8.03. The first-order valence-corrected chi connectivity index (χ1v) is 20.0. The molecule has 50 heavy (non-hydrogen) atoms. The minimum absolute atomic E-state index is 0.0303. The van der Waals surface area contributed by atoms with E-state index in [4.69, 9.17) is 9.98 Å². The second-order valence-corrected chi connectivity index (χ2v) is 19.9. The second-order valence-electron chi connectivity index (χ2n) is 19.9. The van der Waals surface area contributed by atoms with Gasteiger partial charge in [0.2, 0.25) is 0 Å². The Hall–Kier alpha value is -2.62. The Balaban J connectivity index is 1.76. The summed E-state index contributed by atoms with van der Waals surface area (Å²) in [6, 6.07) is 9.42.